The van der Waals surface area contributed by atoms with Crippen molar-refractivity contribution in [3.05, 3.63) is 39.9 Å². The number of nitro groups is 1. The van der Waals surface area contributed by atoms with E-state index in [0.29, 0.717) is 12.1 Å². The van der Waals surface area contributed by atoms with Crippen molar-refractivity contribution in [1.29, 1.82) is 0 Å². The van der Waals surface area contributed by atoms with E-state index in [4.69, 9.17) is 0 Å². The van der Waals surface area contributed by atoms with Gasteiger partial charge in [0.2, 0.25) is 0 Å². The summed E-state index contributed by atoms with van der Waals surface area (Å²) in [7, 11) is 1.98. The number of hydrogen-bond acceptors (Lipinski definition) is 3. The summed E-state index contributed by atoms with van der Waals surface area (Å²) in [4.78, 5) is 17.2. The first kappa shape index (κ1) is 16.9. The van der Waals surface area contributed by atoms with Crippen molar-refractivity contribution in [3.8, 4) is 0 Å². The quantitative estimate of drug-likeness (QED) is 0.363. The molecule has 0 unspecified atom stereocenters. The lowest BCUT2D eigenvalue weighted by molar-refractivity contribution is -0.385. The van der Waals surface area contributed by atoms with Crippen LogP contribution in [0.15, 0.2) is 29.3 Å². The predicted octanol–water partition coefficient (Wildman–Crippen LogP) is 2.79. The number of nitro benzene ring substituents is 1. The van der Waals surface area contributed by atoms with Gasteiger partial charge in [0.1, 0.15) is 0 Å². The van der Waals surface area contributed by atoms with Crippen LogP contribution in [0.5, 0.6) is 0 Å². The molecule has 6 nitrogen and oxygen atoms in total. The van der Waals surface area contributed by atoms with Crippen molar-refractivity contribution in [3.63, 3.8) is 0 Å². The van der Waals surface area contributed by atoms with Crippen LogP contribution < -0.4 is 5.32 Å². The van der Waals surface area contributed by atoms with Crippen LogP contribution >= 0.6 is 0 Å². The fraction of sp³-hybridized carbons (Fsp3) is 0.533. The number of unbranched alkanes of at least 4 members (excludes halogenated alkanes) is 1. The van der Waals surface area contributed by atoms with Gasteiger partial charge in [-0.1, -0.05) is 31.5 Å². The van der Waals surface area contributed by atoms with E-state index in [0.717, 1.165) is 31.9 Å². The average molecular weight is 292 g/mol. The van der Waals surface area contributed by atoms with Gasteiger partial charge in [-0.2, -0.15) is 0 Å². The number of nitrogens with one attached hydrogen (secondary N) is 1. The Morgan fingerprint density at radius 3 is 2.71 bits per heavy atom. The highest BCUT2D eigenvalue weighted by molar-refractivity contribution is 5.79. The Bertz CT molecular complexity index is 488. The van der Waals surface area contributed by atoms with Gasteiger partial charge in [0.25, 0.3) is 5.69 Å². The number of benzene rings is 1. The molecule has 1 N–H and O–H groups in total. The summed E-state index contributed by atoms with van der Waals surface area (Å²) < 4.78 is 0. The lowest BCUT2D eigenvalue weighted by Crippen LogP contribution is -2.39. The van der Waals surface area contributed by atoms with Crippen LogP contribution in [0.2, 0.25) is 0 Å². The highest BCUT2D eigenvalue weighted by Gasteiger charge is 2.12. The molecule has 0 amide bonds. The van der Waals surface area contributed by atoms with Crippen LogP contribution in [-0.2, 0) is 6.54 Å². The number of guanidine groups is 1. The summed E-state index contributed by atoms with van der Waals surface area (Å²) >= 11 is 0. The number of rotatable bonds is 7. The molecule has 1 rings (SSSR count). The lowest BCUT2D eigenvalue weighted by atomic mass is 10.2. The zero-order valence-corrected chi connectivity index (χ0v) is 13.0. The van der Waals surface area contributed by atoms with E-state index >= 15 is 0 Å². The standard InChI is InChI=1S/C15H24N4O2/c1-4-6-11-18(3)15(16-5-2)17-12-13-9-7-8-10-14(13)19(20)21/h7-10H,4-6,11-12H2,1-3H3,(H,16,17). The molecule has 0 saturated carbocycles. The normalized spacial score (nSPS) is 11.3. The maximum absolute atomic E-state index is 11.0. The summed E-state index contributed by atoms with van der Waals surface area (Å²) in [5, 5.41) is 14.2. The summed E-state index contributed by atoms with van der Waals surface area (Å²) in [6, 6.07) is 6.73. The van der Waals surface area contributed by atoms with Gasteiger partial charge in [-0.3, -0.25) is 10.1 Å². The Balaban J connectivity index is 2.85. The van der Waals surface area contributed by atoms with Gasteiger partial charge in [0, 0.05) is 26.2 Å². The van der Waals surface area contributed by atoms with Crippen LogP contribution in [0, 0.1) is 10.1 Å². The van der Waals surface area contributed by atoms with E-state index in [9.17, 15) is 10.1 Å². The predicted molar refractivity (Wildman–Crippen MR) is 85.5 cm³/mol. The van der Waals surface area contributed by atoms with Crippen LogP contribution in [0.1, 0.15) is 32.3 Å². The molecule has 0 aliphatic carbocycles. The molecule has 21 heavy (non-hydrogen) atoms. The zero-order valence-electron chi connectivity index (χ0n) is 13.0. The first-order valence-electron chi connectivity index (χ1n) is 7.31. The van der Waals surface area contributed by atoms with E-state index in [2.05, 4.69) is 22.1 Å². The minimum absolute atomic E-state index is 0.119. The Hall–Kier alpha value is -2.11. The molecule has 1 aromatic rings. The van der Waals surface area contributed by atoms with Gasteiger partial charge in [-0.05, 0) is 13.3 Å². The molecule has 0 aliphatic rings. The molecule has 0 spiro atoms. The van der Waals surface area contributed by atoms with Crippen molar-refractivity contribution < 1.29 is 4.92 Å². The first-order chi connectivity index (χ1) is 10.1. The molecule has 0 saturated heterocycles. The molecular weight excluding hydrogens is 268 g/mol. The molecule has 116 valence electrons. The minimum Gasteiger partial charge on any atom is -0.357 e. The van der Waals surface area contributed by atoms with Crippen LogP contribution in [0.3, 0.4) is 0 Å². The molecule has 0 radical (unpaired) electrons. The number of aliphatic imine (C=N–C) groups is 1. The second-order valence-corrected chi connectivity index (χ2v) is 4.83. The van der Waals surface area contributed by atoms with Crippen LogP contribution in [0.4, 0.5) is 5.69 Å². The van der Waals surface area contributed by atoms with E-state index in [-0.39, 0.29) is 10.6 Å². The number of para-hydroxylation sites is 1. The zero-order chi connectivity index (χ0) is 15.7. The molecule has 0 bridgehead atoms. The maximum atomic E-state index is 11.0. The number of hydrogen-bond donors (Lipinski definition) is 1. The molecule has 0 aliphatic heterocycles. The molecule has 0 aromatic heterocycles. The van der Waals surface area contributed by atoms with E-state index in [1.165, 1.54) is 6.07 Å². The lowest BCUT2D eigenvalue weighted by Gasteiger charge is -2.21. The molecule has 0 atom stereocenters. The van der Waals surface area contributed by atoms with Gasteiger partial charge < -0.3 is 10.2 Å². The monoisotopic (exact) mass is 292 g/mol. The van der Waals surface area contributed by atoms with Gasteiger partial charge in [0.05, 0.1) is 17.0 Å². The second-order valence-electron chi connectivity index (χ2n) is 4.83. The summed E-state index contributed by atoms with van der Waals surface area (Å²) in [5.74, 6) is 0.782. The summed E-state index contributed by atoms with van der Waals surface area (Å²) in [6.45, 7) is 6.14. The Labute approximate surface area is 126 Å². The van der Waals surface area contributed by atoms with E-state index in [1.807, 2.05) is 14.0 Å². The smallest absolute Gasteiger partial charge is 0.274 e. The largest absolute Gasteiger partial charge is 0.357 e. The van der Waals surface area contributed by atoms with E-state index in [1.54, 1.807) is 18.2 Å². The van der Waals surface area contributed by atoms with Gasteiger partial charge in [-0.15, -0.1) is 0 Å². The molecular formula is C15H24N4O2. The first-order valence-corrected chi connectivity index (χ1v) is 7.31. The highest BCUT2D eigenvalue weighted by Crippen LogP contribution is 2.18. The summed E-state index contributed by atoms with van der Waals surface area (Å²) in [5.41, 5.74) is 0.745. The Morgan fingerprint density at radius 2 is 2.10 bits per heavy atom. The Morgan fingerprint density at radius 1 is 1.38 bits per heavy atom. The third kappa shape index (κ3) is 5.41. The SMILES string of the molecule is CCCCN(C)C(=NCc1ccccc1[N+](=O)[O-])NCC. The maximum Gasteiger partial charge on any atom is 0.274 e. The van der Waals surface area contributed by atoms with Crippen molar-refractivity contribution in [2.45, 2.75) is 33.2 Å². The minimum atomic E-state index is -0.363. The fourth-order valence-corrected chi connectivity index (χ4v) is 1.95. The van der Waals surface area contributed by atoms with Crippen molar-refractivity contribution in [1.82, 2.24) is 10.2 Å². The van der Waals surface area contributed by atoms with Gasteiger partial charge >= 0.3 is 0 Å². The van der Waals surface area contributed by atoms with Crippen molar-refractivity contribution in [2.24, 2.45) is 4.99 Å². The topological polar surface area (TPSA) is 70.8 Å². The van der Waals surface area contributed by atoms with E-state index < -0.39 is 0 Å². The highest BCUT2D eigenvalue weighted by atomic mass is 16.6. The number of nitrogens with zero attached hydrogens (tertiary/aromatic N) is 3. The van der Waals surface area contributed by atoms with Crippen LogP contribution in [-0.4, -0.2) is 35.9 Å². The molecule has 1 aromatic carbocycles. The van der Waals surface area contributed by atoms with Crippen LogP contribution in [0.25, 0.3) is 0 Å². The van der Waals surface area contributed by atoms with Gasteiger partial charge in [-0.25, -0.2) is 4.99 Å². The molecule has 0 fully saturated rings. The Kier molecular flexibility index (Phi) is 7.21. The van der Waals surface area contributed by atoms with Gasteiger partial charge in [0.15, 0.2) is 5.96 Å². The third-order valence-electron chi connectivity index (χ3n) is 3.13. The third-order valence-corrected chi connectivity index (χ3v) is 3.13. The fourth-order valence-electron chi connectivity index (χ4n) is 1.95. The summed E-state index contributed by atoms with van der Waals surface area (Å²) in [6.07, 6.45) is 2.21. The molecule has 0 heterocycles. The van der Waals surface area contributed by atoms with Crippen molar-refractivity contribution >= 4 is 11.6 Å². The van der Waals surface area contributed by atoms with Crippen molar-refractivity contribution in [2.75, 3.05) is 20.1 Å². The molecule has 6 heteroatoms. The average Bonchev–Trinajstić information content (AvgIpc) is 2.49. The second kappa shape index (κ2) is 8.94.